The fraction of sp³-hybridized carbons (Fsp3) is 0.214. The predicted octanol–water partition coefficient (Wildman–Crippen LogP) is 1.93. The van der Waals surface area contributed by atoms with Crippen LogP contribution in [-0.4, -0.2) is 33.1 Å². The second-order valence-electron chi connectivity index (χ2n) is 4.66. The average molecular weight is 319 g/mol. The fourth-order valence-electron chi connectivity index (χ4n) is 2.33. The van der Waals surface area contributed by atoms with Crippen molar-refractivity contribution in [2.24, 2.45) is 0 Å². The van der Waals surface area contributed by atoms with Gasteiger partial charge in [0.2, 0.25) is 0 Å². The molecule has 0 radical (unpaired) electrons. The molecular formula is C14H15ClN6O. The van der Waals surface area contributed by atoms with Gasteiger partial charge < -0.3 is 15.6 Å². The summed E-state index contributed by atoms with van der Waals surface area (Å²) in [4.78, 5) is 22.9. The Kier molecular flexibility index (Phi) is 3.97. The molecule has 0 saturated heterocycles. The molecule has 0 atom stereocenters. The second kappa shape index (κ2) is 6.07. The van der Waals surface area contributed by atoms with Crippen LogP contribution in [0.2, 0.25) is 5.15 Å². The Morgan fingerprint density at radius 2 is 2.14 bits per heavy atom. The third-order valence-electron chi connectivity index (χ3n) is 3.36. The van der Waals surface area contributed by atoms with Crippen molar-refractivity contribution in [2.45, 2.75) is 6.54 Å². The Balaban J connectivity index is 1.77. The summed E-state index contributed by atoms with van der Waals surface area (Å²) in [5.41, 5.74) is 2.21. The maximum Gasteiger partial charge on any atom is 0.326 e. The molecule has 0 unspecified atom stereocenters. The van der Waals surface area contributed by atoms with Crippen molar-refractivity contribution in [1.82, 2.24) is 19.5 Å². The maximum absolute atomic E-state index is 12.0. The number of rotatable bonds is 5. The third-order valence-corrected chi connectivity index (χ3v) is 3.65. The molecular weight excluding hydrogens is 304 g/mol. The van der Waals surface area contributed by atoms with Gasteiger partial charge in [0.05, 0.1) is 11.0 Å². The van der Waals surface area contributed by atoms with Crippen molar-refractivity contribution in [3.05, 3.63) is 46.2 Å². The number of H-pyrrole nitrogens is 1. The summed E-state index contributed by atoms with van der Waals surface area (Å²) in [5.74, 6) is 0.607. The van der Waals surface area contributed by atoms with Gasteiger partial charge in [-0.2, -0.15) is 0 Å². The van der Waals surface area contributed by atoms with Gasteiger partial charge in [-0.25, -0.2) is 14.8 Å². The van der Waals surface area contributed by atoms with Crippen molar-refractivity contribution in [1.29, 1.82) is 0 Å². The lowest BCUT2D eigenvalue weighted by atomic mass is 10.3. The number of benzene rings is 1. The summed E-state index contributed by atoms with van der Waals surface area (Å²) in [5, 5.41) is 6.47. The largest absolute Gasteiger partial charge is 0.383 e. The molecule has 0 spiro atoms. The summed E-state index contributed by atoms with van der Waals surface area (Å²) in [6.07, 6.45) is 1.39. The molecule has 3 N–H and O–H groups in total. The van der Waals surface area contributed by atoms with Crippen molar-refractivity contribution in [3.8, 4) is 0 Å². The van der Waals surface area contributed by atoms with Crippen LogP contribution in [0.5, 0.6) is 0 Å². The number of anilines is 2. The van der Waals surface area contributed by atoms with Gasteiger partial charge in [0.1, 0.15) is 12.0 Å². The molecule has 2 aromatic heterocycles. The van der Waals surface area contributed by atoms with Crippen molar-refractivity contribution >= 4 is 34.1 Å². The summed E-state index contributed by atoms with van der Waals surface area (Å²) in [7, 11) is 1.75. The van der Waals surface area contributed by atoms with Crippen LogP contribution < -0.4 is 16.3 Å². The lowest BCUT2D eigenvalue weighted by Crippen LogP contribution is -2.21. The van der Waals surface area contributed by atoms with Crippen LogP contribution in [0.4, 0.5) is 11.5 Å². The molecule has 0 aliphatic rings. The number of aromatic nitrogens is 4. The highest BCUT2D eigenvalue weighted by Gasteiger charge is 2.09. The molecule has 0 aliphatic heterocycles. The Morgan fingerprint density at radius 1 is 1.32 bits per heavy atom. The molecule has 2 heterocycles. The van der Waals surface area contributed by atoms with Crippen molar-refractivity contribution in [3.63, 3.8) is 0 Å². The van der Waals surface area contributed by atoms with E-state index in [0.29, 0.717) is 29.7 Å². The quantitative estimate of drug-likeness (QED) is 0.626. The highest BCUT2D eigenvalue weighted by Crippen LogP contribution is 2.25. The number of nitrogens with one attached hydrogen (secondary N) is 3. The number of halogens is 1. The normalized spacial score (nSPS) is 10.8. The van der Waals surface area contributed by atoms with Gasteiger partial charge in [0, 0.05) is 20.1 Å². The molecule has 3 aromatic rings. The minimum atomic E-state index is -0.127. The first-order valence-corrected chi connectivity index (χ1v) is 7.18. The molecule has 1 aromatic carbocycles. The van der Waals surface area contributed by atoms with E-state index >= 15 is 0 Å². The Labute approximate surface area is 131 Å². The summed E-state index contributed by atoms with van der Waals surface area (Å²) in [6, 6.07) is 7.59. The van der Waals surface area contributed by atoms with E-state index in [1.165, 1.54) is 6.33 Å². The third kappa shape index (κ3) is 2.62. The molecule has 0 saturated carbocycles. The van der Waals surface area contributed by atoms with E-state index in [1.54, 1.807) is 11.6 Å². The highest BCUT2D eigenvalue weighted by molar-refractivity contribution is 6.32. The van der Waals surface area contributed by atoms with E-state index in [4.69, 9.17) is 11.6 Å². The molecule has 3 rings (SSSR count). The van der Waals surface area contributed by atoms with E-state index < -0.39 is 0 Å². The number of fused-ring (bicyclic) bond motifs is 1. The topological polar surface area (TPSA) is 87.6 Å². The average Bonchev–Trinajstić information content (AvgIpc) is 2.83. The molecule has 0 aliphatic carbocycles. The lowest BCUT2D eigenvalue weighted by molar-refractivity contribution is 0.719. The predicted molar refractivity (Wildman–Crippen MR) is 87.6 cm³/mol. The molecule has 0 bridgehead atoms. The van der Waals surface area contributed by atoms with Crippen LogP contribution in [0.3, 0.4) is 0 Å². The Hall–Kier alpha value is -2.54. The van der Waals surface area contributed by atoms with Crippen LogP contribution in [0.15, 0.2) is 35.4 Å². The number of aromatic amines is 1. The van der Waals surface area contributed by atoms with Gasteiger partial charge in [-0.15, -0.1) is 0 Å². The molecule has 8 heteroatoms. The molecule has 0 amide bonds. The van der Waals surface area contributed by atoms with Crippen LogP contribution >= 0.6 is 11.6 Å². The first-order valence-electron chi connectivity index (χ1n) is 6.80. The molecule has 22 heavy (non-hydrogen) atoms. The highest BCUT2D eigenvalue weighted by atomic mass is 35.5. The van der Waals surface area contributed by atoms with Crippen LogP contribution in [0.1, 0.15) is 0 Å². The number of nitrogens with zero attached hydrogens (tertiary/aromatic N) is 3. The summed E-state index contributed by atoms with van der Waals surface area (Å²) < 4.78 is 1.68. The van der Waals surface area contributed by atoms with E-state index in [1.807, 2.05) is 24.3 Å². The minimum absolute atomic E-state index is 0.127. The number of para-hydroxylation sites is 2. The van der Waals surface area contributed by atoms with Crippen LogP contribution in [-0.2, 0) is 6.54 Å². The van der Waals surface area contributed by atoms with Crippen molar-refractivity contribution < 1.29 is 0 Å². The van der Waals surface area contributed by atoms with E-state index in [2.05, 4.69) is 25.6 Å². The fourth-order valence-corrected chi connectivity index (χ4v) is 2.56. The summed E-state index contributed by atoms with van der Waals surface area (Å²) in [6.45, 7) is 1.04. The zero-order valence-corrected chi connectivity index (χ0v) is 12.7. The second-order valence-corrected chi connectivity index (χ2v) is 5.02. The maximum atomic E-state index is 12.0. The van der Waals surface area contributed by atoms with Crippen LogP contribution in [0, 0.1) is 0 Å². The van der Waals surface area contributed by atoms with Crippen LogP contribution in [0.25, 0.3) is 11.0 Å². The number of hydrogen-bond donors (Lipinski definition) is 3. The van der Waals surface area contributed by atoms with Gasteiger partial charge in [-0.3, -0.25) is 4.57 Å². The minimum Gasteiger partial charge on any atom is -0.383 e. The van der Waals surface area contributed by atoms with Gasteiger partial charge in [-0.05, 0) is 12.1 Å². The number of imidazole rings is 1. The standard InChI is InChI=1S/C14H15ClN6O/c1-16-11-12(15)18-8-19-13(11)17-6-7-21-10-5-3-2-4-9(10)20-14(21)22/h2-5,8,16H,6-7H2,1H3,(H,20,22)(H,17,18,19). The van der Waals surface area contributed by atoms with Gasteiger partial charge in [0.15, 0.2) is 11.0 Å². The SMILES string of the molecule is CNc1c(Cl)ncnc1NCCn1c(=O)[nH]c2ccccc21. The van der Waals surface area contributed by atoms with Gasteiger partial charge in [-0.1, -0.05) is 23.7 Å². The van der Waals surface area contributed by atoms with E-state index in [0.717, 1.165) is 11.0 Å². The van der Waals surface area contributed by atoms with Gasteiger partial charge in [0.25, 0.3) is 0 Å². The first kappa shape index (κ1) is 14.4. The summed E-state index contributed by atoms with van der Waals surface area (Å²) >= 11 is 6.00. The molecule has 7 nitrogen and oxygen atoms in total. The van der Waals surface area contributed by atoms with Gasteiger partial charge >= 0.3 is 5.69 Å². The number of hydrogen-bond acceptors (Lipinski definition) is 5. The molecule has 114 valence electrons. The van der Waals surface area contributed by atoms with E-state index in [9.17, 15) is 4.79 Å². The molecule has 0 fully saturated rings. The zero-order valence-electron chi connectivity index (χ0n) is 11.9. The monoisotopic (exact) mass is 318 g/mol. The smallest absolute Gasteiger partial charge is 0.326 e. The Morgan fingerprint density at radius 3 is 2.95 bits per heavy atom. The van der Waals surface area contributed by atoms with E-state index in [-0.39, 0.29) is 5.69 Å². The Bertz CT molecular complexity index is 856. The van der Waals surface area contributed by atoms with Crippen molar-refractivity contribution in [2.75, 3.05) is 24.2 Å². The zero-order chi connectivity index (χ0) is 15.5. The first-order chi connectivity index (χ1) is 10.7. The lowest BCUT2D eigenvalue weighted by Gasteiger charge is -2.11.